The molecule has 2 heteroatoms. The maximum Gasteiger partial charge on any atom is 0.0763 e. The molecule has 0 saturated heterocycles. The predicted octanol–water partition coefficient (Wildman–Crippen LogP) is 2.69. The summed E-state index contributed by atoms with van der Waals surface area (Å²) in [6.45, 7) is 9.23. The fourth-order valence-corrected chi connectivity index (χ4v) is 3.22. The van der Waals surface area contributed by atoms with Gasteiger partial charge in [-0.2, -0.15) is 0 Å². The lowest BCUT2D eigenvalue weighted by Gasteiger charge is -2.56. The number of hydrogen-bond donors (Lipinski definition) is 2. The first-order valence-corrected chi connectivity index (χ1v) is 6.25. The molecule has 0 heterocycles. The molecule has 1 fully saturated rings. The first-order chi connectivity index (χ1) is 6.83. The highest BCUT2D eigenvalue weighted by Crippen LogP contribution is 2.53. The van der Waals surface area contributed by atoms with Gasteiger partial charge in [0, 0.05) is 12.0 Å². The first kappa shape index (κ1) is 13.0. The molecule has 90 valence electrons. The fourth-order valence-electron chi connectivity index (χ4n) is 3.22. The maximum absolute atomic E-state index is 11.0. The van der Waals surface area contributed by atoms with E-state index in [0.717, 1.165) is 25.7 Å². The van der Waals surface area contributed by atoms with Crippen molar-refractivity contribution in [2.75, 3.05) is 6.54 Å². The van der Waals surface area contributed by atoms with Gasteiger partial charge in [0.15, 0.2) is 0 Å². The van der Waals surface area contributed by atoms with E-state index in [9.17, 15) is 5.11 Å². The minimum absolute atomic E-state index is 0.00458. The third-order valence-corrected chi connectivity index (χ3v) is 4.94. The van der Waals surface area contributed by atoms with Crippen LogP contribution in [0.3, 0.4) is 0 Å². The van der Waals surface area contributed by atoms with E-state index in [1.165, 1.54) is 6.42 Å². The molecular weight excluding hydrogens is 186 g/mol. The van der Waals surface area contributed by atoms with Crippen molar-refractivity contribution in [1.29, 1.82) is 0 Å². The second-order valence-corrected chi connectivity index (χ2v) is 6.07. The number of aliphatic hydroxyl groups is 1. The van der Waals surface area contributed by atoms with Crippen molar-refractivity contribution < 1.29 is 5.11 Å². The zero-order valence-electron chi connectivity index (χ0n) is 10.8. The summed E-state index contributed by atoms with van der Waals surface area (Å²) < 4.78 is 0. The second-order valence-electron chi connectivity index (χ2n) is 6.07. The predicted molar refractivity (Wildman–Crippen MR) is 64.7 cm³/mol. The van der Waals surface area contributed by atoms with E-state index >= 15 is 0 Å². The highest BCUT2D eigenvalue weighted by Gasteiger charge is 2.55. The summed E-state index contributed by atoms with van der Waals surface area (Å²) >= 11 is 0. The van der Waals surface area contributed by atoms with Crippen LogP contribution in [0.4, 0.5) is 0 Å². The van der Waals surface area contributed by atoms with E-state index < -0.39 is 5.60 Å². The van der Waals surface area contributed by atoms with Gasteiger partial charge < -0.3 is 10.8 Å². The Balaban J connectivity index is 3.06. The average Bonchev–Trinajstić information content (AvgIpc) is 2.21. The molecule has 0 aromatic carbocycles. The minimum Gasteiger partial charge on any atom is -0.389 e. The Hall–Kier alpha value is -0.0800. The van der Waals surface area contributed by atoms with Crippen molar-refractivity contribution in [3.63, 3.8) is 0 Å². The third kappa shape index (κ3) is 1.83. The van der Waals surface area contributed by atoms with E-state index in [1.807, 2.05) is 0 Å². The Bertz CT molecular complexity index is 221. The lowest BCUT2D eigenvalue weighted by Crippen LogP contribution is -2.60. The Morgan fingerprint density at radius 1 is 1.27 bits per heavy atom. The third-order valence-electron chi connectivity index (χ3n) is 4.94. The molecule has 1 aliphatic rings. The van der Waals surface area contributed by atoms with Gasteiger partial charge in [0.1, 0.15) is 0 Å². The van der Waals surface area contributed by atoms with Gasteiger partial charge >= 0.3 is 0 Å². The molecule has 3 N–H and O–H groups in total. The molecule has 1 rings (SSSR count). The molecule has 0 radical (unpaired) electrons. The molecule has 0 spiro atoms. The van der Waals surface area contributed by atoms with Crippen LogP contribution in [-0.4, -0.2) is 17.3 Å². The molecule has 0 bridgehead atoms. The number of nitrogens with two attached hydrogens (primary N) is 1. The van der Waals surface area contributed by atoms with Crippen LogP contribution in [0, 0.1) is 10.8 Å². The topological polar surface area (TPSA) is 46.2 Å². The molecule has 2 nitrogen and oxygen atoms in total. The molecule has 1 saturated carbocycles. The van der Waals surface area contributed by atoms with Crippen molar-refractivity contribution in [3.05, 3.63) is 0 Å². The van der Waals surface area contributed by atoms with Crippen LogP contribution >= 0.6 is 0 Å². The van der Waals surface area contributed by atoms with Gasteiger partial charge in [-0.05, 0) is 24.7 Å². The van der Waals surface area contributed by atoms with Crippen LogP contribution in [0.2, 0.25) is 0 Å². The number of rotatable bonds is 3. The zero-order valence-corrected chi connectivity index (χ0v) is 10.8. The Morgan fingerprint density at radius 3 is 2.20 bits per heavy atom. The Labute approximate surface area is 94.2 Å². The molecule has 1 aliphatic carbocycles. The monoisotopic (exact) mass is 213 g/mol. The highest BCUT2D eigenvalue weighted by molar-refractivity contribution is 5.06. The second kappa shape index (κ2) is 4.06. The van der Waals surface area contributed by atoms with Gasteiger partial charge in [0.2, 0.25) is 0 Å². The van der Waals surface area contributed by atoms with Crippen LogP contribution in [-0.2, 0) is 0 Å². The van der Waals surface area contributed by atoms with Gasteiger partial charge in [-0.1, -0.05) is 40.5 Å². The first-order valence-electron chi connectivity index (χ1n) is 6.25. The highest BCUT2D eigenvalue weighted by atomic mass is 16.3. The average molecular weight is 213 g/mol. The SMILES string of the molecule is CCC(C)(CN)C1(O)CCCCC1(C)C. The lowest BCUT2D eigenvalue weighted by molar-refractivity contribution is -0.176. The van der Waals surface area contributed by atoms with Crippen molar-refractivity contribution >= 4 is 0 Å². The molecule has 0 aliphatic heterocycles. The molecule has 0 amide bonds. The van der Waals surface area contributed by atoms with Crippen LogP contribution < -0.4 is 5.73 Å². The molecule has 2 unspecified atom stereocenters. The van der Waals surface area contributed by atoms with Gasteiger partial charge in [-0.25, -0.2) is 0 Å². The smallest absolute Gasteiger partial charge is 0.0763 e. The van der Waals surface area contributed by atoms with E-state index in [0.29, 0.717) is 6.54 Å². The van der Waals surface area contributed by atoms with Crippen LogP contribution in [0.5, 0.6) is 0 Å². The molecule has 2 atom stereocenters. The summed E-state index contributed by atoms with van der Waals surface area (Å²) in [6, 6.07) is 0. The van der Waals surface area contributed by atoms with Crippen molar-refractivity contribution in [2.45, 2.75) is 65.4 Å². The van der Waals surface area contributed by atoms with Crippen molar-refractivity contribution in [1.82, 2.24) is 0 Å². The minimum atomic E-state index is -0.595. The quantitative estimate of drug-likeness (QED) is 0.757. The standard InChI is InChI=1S/C13H27NO/c1-5-12(4,10-14)13(15)9-7-6-8-11(13,2)3/h15H,5-10,14H2,1-4H3. The molecule has 0 aromatic heterocycles. The van der Waals surface area contributed by atoms with Gasteiger partial charge in [-0.3, -0.25) is 0 Å². The zero-order chi connectivity index (χ0) is 11.7. The van der Waals surface area contributed by atoms with Gasteiger partial charge in [0.25, 0.3) is 0 Å². The Morgan fingerprint density at radius 2 is 1.80 bits per heavy atom. The van der Waals surface area contributed by atoms with E-state index in [1.54, 1.807) is 0 Å². The van der Waals surface area contributed by atoms with Crippen LogP contribution in [0.25, 0.3) is 0 Å². The van der Waals surface area contributed by atoms with E-state index in [2.05, 4.69) is 27.7 Å². The largest absolute Gasteiger partial charge is 0.389 e. The van der Waals surface area contributed by atoms with Gasteiger partial charge in [0.05, 0.1) is 5.60 Å². The van der Waals surface area contributed by atoms with Crippen LogP contribution in [0.1, 0.15) is 59.8 Å². The summed E-state index contributed by atoms with van der Waals surface area (Å²) in [4.78, 5) is 0. The maximum atomic E-state index is 11.0. The fraction of sp³-hybridized carbons (Fsp3) is 1.00. The summed E-state index contributed by atoms with van der Waals surface area (Å²) in [5, 5.41) is 11.0. The lowest BCUT2D eigenvalue weighted by atomic mass is 9.54. The Kier molecular flexibility index (Phi) is 3.52. The summed E-state index contributed by atoms with van der Waals surface area (Å²) in [5.74, 6) is 0. The molecule has 0 aromatic rings. The normalized spacial score (nSPS) is 34.8. The summed E-state index contributed by atoms with van der Waals surface area (Å²) in [6.07, 6.45) is 5.33. The molecular formula is C13H27NO. The van der Waals surface area contributed by atoms with Gasteiger partial charge in [-0.15, -0.1) is 0 Å². The van der Waals surface area contributed by atoms with Crippen molar-refractivity contribution in [3.8, 4) is 0 Å². The van der Waals surface area contributed by atoms with E-state index in [4.69, 9.17) is 5.73 Å². The van der Waals surface area contributed by atoms with Crippen LogP contribution in [0.15, 0.2) is 0 Å². The number of hydrogen-bond acceptors (Lipinski definition) is 2. The van der Waals surface area contributed by atoms with Crippen molar-refractivity contribution in [2.24, 2.45) is 16.6 Å². The van der Waals surface area contributed by atoms with E-state index in [-0.39, 0.29) is 10.8 Å². The molecule has 15 heavy (non-hydrogen) atoms. The summed E-state index contributed by atoms with van der Waals surface area (Å²) in [5.41, 5.74) is 5.15. The summed E-state index contributed by atoms with van der Waals surface area (Å²) in [7, 11) is 0.